The molecule has 25 heavy (non-hydrogen) atoms. The average molecular weight is 376 g/mol. The number of aryl methyl sites for hydroxylation is 1. The summed E-state index contributed by atoms with van der Waals surface area (Å²) in [6.07, 6.45) is 3.70. The van der Waals surface area contributed by atoms with E-state index in [1.54, 1.807) is 13.3 Å². The van der Waals surface area contributed by atoms with Crippen LogP contribution in [0, 0.1) is 0 Å². The van der Waals surface area contributed by atoms with E-state index in [-0.39, 0.29) is 6.04 Å². The number of nitrogens with one attached hydrogen (secondary N) is 1. The molecule has 0 saturated heterocycles. The number of hydrogen-bond donors (Lipinski definition) is 1. The Morgan fingerprint density at radius 2 is 2.00 bits per heavy atom. The molecule has 2 aromatic carbocycles. The summed E-state index contributed by atoms with van der Waals surface area (Å²) in [6.45, 7) is 0.562. The maximum Gasteiger partial charge on any atom is 0.130 e. The Morgan fingerprint density at radius 3 is 2.68 bits per heavy atom. The van der Waals surface area contributed by atoms with Gasteiger partial charge in [-0.3, -0.25) is 5.32 Å². The van der Waals surface area contributed by atoms with Crippen molar-refractivity contribution in [2.45, 2.75) is 12.6 Å². The lowest BCUT2D eigenvalue weighted by atomic mass is 10.1. The van der Waals surface area contributed by atoms with Crippen LogP contribution in [0.2, 0.25) is 10.0 Å². The number of methoxy groups -OCH3 is 1. The Kier molecular flexibility index (Phi) is 5.63. The molecule has 130 valence electrons. The minimum atomic E-state index is -0.155. The topological polar surface area (TPSA) is 39.1 Å². The van der Waals surface area contributed by atoms with Gasteiger partial charge in [-0.1, -0.05) is 41.4 Å². The van der Waals surface area contributed by atoms with Crippen LogP contribution in [0.1, 0.15) is 23.0 Å². The molecule has 0 spiro atoms. The predicted molar refractivity (Wildman–Crippen MR) is 101 cm³/mol. The van der Waals surface area contributed by atoms with Gasteiger partial charge < -0.3 is 9.30 Å². The fraction of sp³-hybridized carbons (Fsp3) is 0.211. The van der Waals surface area contributed by atoms with E-state index in [2.05, 4.69) is 10.3 Å². The molecule has 4 nitrogen and oxygen atoms in total. The van der Waals surface area contributed by atoms with Crippen molar-refractivity contribution in [3.8, 4) is 5.75 Å². The highest BCUT2D eigenvalue weighted by molar-refractivity contribution is 6.31. The lowest BCUT2D eigenvalue weighted by molar-refractivity contribution is 0.406. The first-order valence-corrected chi connectivity index (χ1v) is 8.63. The molecule has 0 aliphatic rings. The number of benzene rings is 2. The number of halogens is 2. The van der Waals surface area contributed by atoms with Crippen molar-refractivity contribution in [1.29, 1.82) is 0 Å². The minimum Gasteiger partial charge on any atom is -0.496 e. The molecule has 6 heteroatoms. The van der Waals surface area contributed by atoms with Crippen molar-refractivity contribution in [2.24, 2.45) is 7.05 Å². The van der Waals surface area contributed by atoms with E-state index in [0.29, 0.717) is 16.6 Å². The maximum atomic E-state index is 6.43. The fourth-order valence-electron chi connectivity index (χ4n) is 2.80. The molecule has 3 rings (SSSR count). The Labute approximate surface area is 157 Å². The van der Waals surface area contributed by atoms with Crippen molar-refractivity contribution >= 4 is 23.2 Å². The number of hydrogen-bond acceptors (Lipinski definition) is 3. The first-order chi connectivity index (χ1) is 12.1. The molecule has 0 saturated carbocycles. The number of aromatic nitrogens is 2. The van der Waals surface area contributed by atoms with Gasteiger partial charge in [0.1, 0.15) is 11.6 Å². The smallest absolute Gasteiger partial charge is 0.130 e. The largest absolute Gasteiger partial charge is 0.496 e. The van der Waals surface area contributed by atoms with Crippen LogP contribution in [-0.2, 0) is 13.6 Å². The van der Waals surface area contributed by atoms with E-state index in [1.807, 2.05) is 60.3 Å². The molecule has 0 radical (unpaired) electrons. The number of rotatable bonds is 6. The lowest BCUT2D eigenvalue weighted by Crippen LogP contribution is -2.25. The van der Waals surface area contributed by atoms with Gasteiger partial charge >= 0.3 is 0 Å². The molecular formula is C19H19Cl2N3O. The Balaban J connectivity index is 1.93. The van der Waals surface area contributed by atoms with E-state index >= 15 is 0 Å². The lowest BCUT2D eigenvalue weighted by Gasteiger charge is -2.21. The minimum absolute atomic E-state index is 0.155. The summed E-state index contributed by atoms with van der Waals surface area (Å²) in [5, 5.41) is 4.90. The van der Waals surface area contributed by atoms with Crippen molar-refractivity contribution in [2.75, 3.05) is 7.11 Å². The second-order valence-corrected chi connectivity index (χ2v) is 6.53. The first-order valence-electron chi connectivity index (χ1n) is 7.87. The van der Waals surface area contributed by atoms with Gasteiger partial charge in [0.2, 0.25) is 0 Å². The zero-order valence-corrected chi connectivity index (χ0v) is 15.6. The third-order valence-corrected chi connectivity index (χ3v) is 4.65. The van der Waals surface area contributed by atoms with E-state index in [1.165, 1.54) is 0 Å². The van der Waals surface area contributed by atoms with Crippen LogP contribution in [0.3, 0.4) is 0 Å². The average Bonchev–Trinajstić information content (AvgIpc) is 3.03. The summed E-state index contributed by atoms with van der Waals surface area (Å²) in [6, 6.07) is 13.2. The molecule has 0 amide bonds. The van der Waals surface area contributed by atoms with Gasteiger partial charge in [0.05, 0.1) is 13.2 Å². The van der Waals surface area contributed by atoms with Gasteiger partial charge in [0.15, 0.2) is 0 Å². The third-order valence-electron chi connectivity index (χ3n) is 4.07. The zero-order valence-electron chi connectivity index (χ0n) is 14.0. The van der Waals surface area contributed by atoms with E-state index in [9.17, 15) is 0 Å². The summed E-state index contributed by atoms with van der Waals surface area (Å²) in [4.78, 5) is 4.49. The van der Waals surface area contributed by atoms with Crippen molar-refractivity contribution in [3.63, 3.8) is 0 Å². The summed E-state index contributed by atoms with van der Waals surface area (Å²) in [5.41, 5.74) is 1.95. The van der Waals surface area contributed by atoms with E-state index in [4.69, 9.17) is 27.9 Å². The quantitative estimate of drug-likeness (QED) is 0.683. The molecular weight excluding hydrogens is 357 g/mol. The molecule has 0 fully saturated rings. The molecule has 1 N–H and O–H groups in total. The Hall–Kier alpha value is -2.01. The van der Waals surface area contributed by atoms with Crippen molar-refractivity contribution in [3.05, 3.63) is 81.9 Å². The number of nitrogens with zero attached hydrogens (tertiary/aromatic N) is 2. The van der Waals surface area contributed by atoms with Crippen LogP contribution in [0.15, 0.2) is 54.9 Å². The molecule has 0 aliphatic carbocycles. The van der Waals surface area contributed by atoms with Crippen LogP contribution in [0.25, 0.3) is 0 Å². The number of imidazole rings is 1. The van der Waals surface area contributed by atoms with Crippen molar-refractivity contribution < 1.29 is 4.74 Å². The molecule has 1 aromatic heterocycles. The van der Waals surface area contributed by atoms with E-state index in [0.717, 1.165) is 22.7 Å². The normalized spacial score (nSPS) is 12.2. The van der Waals surface area contributed by atoms with Gasteiger partial charge in [-0.25, -0.2) is 4.98 Å². The fourth-order valence-corrected chi connectivity index (χ4v) is 3.24. The van der Waals surface area contributed by atoms with Crippen LogP contribution in [0.5, 0.6) is 5.75 Å². The van der Waals surface area contributed by atoms with Crippen molar-refractivity contribution in [1.82, 2.24) is 14.9 Å². The maximum absolute atomic E-state index is 6.43. The highest BCUT2D eigenvalue weighted by Crippen LogP contribution is 2.29. The van der Waals surface area contributed by atoms with Gasteiger partial charge in [-0.2, -0.15) is 0 Å². The molecule has 1 heterocycles. The molecule has 3 aromatic rings. The molecule has 0 unspecified atom stereocenters. The summed E-state index contributed by atoms with van der Waals surface area (Å²) in [5.74, 6) is 1.67. The summed E-state index contributed by atoms with van der Waals surface area (Å²) >= 11 is 12.6. The van der Waals surface area contributed by atoms with Gasteiger partial charge in [0.25, 0.3) is 0 Å². The molecule has 1 atom stereocenters. The SMILES string of the molecule is COc1ccc(Cl)cc1CN[C@@H](c1ccccc1Cl)c1nccn1C. The Morgan fingerprint density at radius 1 is 1.20 bits per heavy atom. The molecule has 0 aliphatic heterocycles. The van der Waals surface area contributed by atoms with Crippen LogP contribution in [-0.4, -0.2) is 16.7 Å². The second-order valence-electron chi connectivity index (χ2n) is 5.69. The predicted octanol–water partition coefficient (Wildman–Crippen LogP) is 4.61. The second kappa shape index (κ2) is 7.91. The first kappa shape index (κ1) is 17.8. The highest BCUT2D eigenvalue weighted by atomic mass is 35.5. The third kappa shape index (κ3) is 3.98. The van der Waals surface area contributed by atoms with Gasteiger partial charge in [-0.05, 0) is 29.8 Å². The number of ether oxygens (including phenoxy) is 1. The van der Waals surface area contributed by atoms with Crippen LogP contribution >= 0.6 is 23.2 Å². The highest BCUT2D eigenvalue weighted by Gasteiger charge is 2.20. The van der Waals surface area contributed by atoms with Gasteiger partial charge in [0, 0.05) is 41.6 Å². The summed E-state index contributed by atoms with van der Waals surface area (Å²) in [7, 11) is 3.62. The van der Waals surface area contributed by atoms with Gasteiger partial charge in [-0.15, -0.1) is 0 Å². The Bertz CT molecular complexity index is 863. The van der Waals surface area contributed by atoms with E-state index < -0.39 is 0 Å². The monoisotopic (exact) mass is 375 g/mol. The standard InChI is InChI=1S/C19H19Cl2N3O/c1-24-10-9-22-19(24)18(15-5-3-4-6-16(15)21)23-12-13-11-14(20)7-8-17(13)25-2/h3-11,18,23H,12H2,1-2H3/t18-/m0/s1. The van der Waals surface area contributed by atoms with Crippen LogP contribution < -0.4 is 10.1 Å². The molecule has 0 bridgehead atoms. The van der Waals surface area contributed by atoms with Crippen LogP contribution in [0.4, 0.5) is 0 Å². The summed E-state index contributed by atoms with van der Waals surface area (Å²) < 4.78 is 7.41. The zero-order chi connectivity index (χ0) is 17.8.